The van der Waals surface area contributed by atoms with Crippen LogP contribution in [0.4, 0.5) is 22.1 Å². The normalized spacial score (nSPS) is 12.3. The van der Waals surface area contributed by atoms with Crippen LogP contribution in [0.1, 0.15) is 31.0 Å². The van der Waals surface area contributed by atoms with Crippen LogP contribution in [0.25, 0.3) is 22.8 Å². The topological polar surface area (TPSA) is 116 Å². The second-order valence-electron chi connectivity index (χ2n) is 10.1. The van der Waals surface area contributed by atoms with Gasteiger partial charge in [-0.3, -0.25) is 0 Å². The van der Waals surface area contributed by atoms with Crippen LogP contribution in [0.15, 0.2) is 103 Å². The summed E-state index contributed by atoms with van der Waals surface area (Å²) < 4.78 is 0. The minimum absolute atomic E-state index is 0.133. The van der Waals surface area contributed by atoms with Crippen molar-refractivity contribution in [3.8, 4) is 22.8 Å². The first-order chi connectivity index (χ1) is 20.4. The van der Waals surface area contributed by atoms with Crippen LogP contribution in [0.2, 0.25) is 0 Å². The highest BCUT2D eigenvalue weighted by Crippen LogP contribution is 2.26. The number of nitrogens with one attached hydrogen (secondary N) is 2. The van der Waals surface area contributed by atoms with Gasteiger partial charge in [-0.2, -0.15) is 0 Å². The molecule has 5 rings (SSSR count). The zero-order chi connectivity index (χ0) is 29.5. The summed E-state index contributed by atoms with van der Waals surface area (Å²) in [5.74, 6) is 2.71. The first-order valence-corrected chi connectivity index (χ1v) is 13.8. The van der Waals surface area contributed by atoms with Crippen LogP contribution >= 0.6 is 0 Å². The van der Waals surface area contributed by atoms with Gasteiger partial charge in [0.25, 0.3) is 0 Å². The molecule has 0 fully saturated rings. The predicted molar refractivity (Wildman–Crippen MR) is 166 cm³/mol. The third kappa shape index (κ3) is 7.06. The summed E-state index contributed by atoms with van der Waals surface area (Å²) in [6, 6.07) is 29.5. The zero-order valence-electron chi connectivity index (χ0n) is 23.8. The minimum atomic E-state index is -1.03. The molecule has 2 heterocycles. The second-order valence-corrected chi connectivity index (χ2v) is 10.1. The van der Waals surface area contributed by atoms with Gasteiger partial charge >= 0.3 is 6.09 Å². The molecule has 0 saturated heterocycles. The van der Waals surface area contributed by atoms with E-state index in [9.17, 15) is 4.79 Å². The molecule has 0 aliphatic heterocycles. The Hall–Kier alpha value is -5.31. The van der Waals surface area contributed by atoms with Crippen molar-refractivity contribution in [2.75, 3.05) is 17.3 Å². The quantitative estimate of drug-likeness (QED) is 0.172. The Labute approximate surface area is 245 Å². The van der Waals surface area contributed by atoms with E-state index >= 15 is 0 Å². The first kappa shape index (κ1) is 28.2. The van der Waals surface area contributed by atoms with Gasteiger partial charge in [0.1, 0.15) is 11.6 Å². The van der Waals surface area contributed by atoms with Crippen LogP contribution in [0, 0.1) is 0 Å². The van der Waals surface area contributed by atoms with E-state index in [-0.39, 0.29) is 12.1 Å². The monoisotopic (exact) mass is 559 g/mol. The average molecular weight is 560 g/mol. The molecule has 0 bridgehead atoms. The lowest BCUT2D eigenvalue weighted by Crippen LogP contribution is -2.24. The number of nitrogens with zero attached hydrogens (tertiary/aromatic N) is 5. The molecule has 0 aliphatic rings. The number of carboxylic acid groups (broad SMARTS) is 1. The van der Waals surface area contributed by atoms with E-state index in [1.54, 1.807) is 12.4 Å². The summed E-state index contributed by atoms with van der Waals surface area (Å²) in [4.78, 5) is 31.5. The molecule has 3 aromatic carbocycles. The molecule has 212 valence electrons. The molecule has 42 heavy (non-hydrogen) atoms. The van der Waals surface area contributed by atoms with Gasteiger partial charge in [0, 0.05) is 42.3 Å². The van der Waals surface area contributed by atoms with E-state index in [0.717, 1.165) is 46.0 Å². The van der Waals surface area contributed by atoms with Gasteiger partial charge in [0.15, 0.2) is 11.6 Å². The van der Waals surface area contributed by atoms with Crippen LogP contribution < -0.4 is 15.5 Å². The molecule has 0 aliphatic carbocycles. The molecule has 2 aromatic heterocycles. The van der Waals surface area contributed by atoms with E-state index in [2.05, 4.69) is 33.6 Å². The molecule has 2 unspecified atom stereocenters. The lowest BCUT2D eigenvalue weighted by Gasteiger charge is -2.19. The van der Waals surface area contributed by atoms with Crippen LogP contribution in [-0.4, -0.2) is 44.2 Å². The highest BCUT2D eigenvalue weighted by molar-refractivity contribution is 5.66. The Balaban J connectivity index is 1.29. The Bertz CT molecular complexity index is 1660. The van der Waals surface area contributed by atoms with Gasteiger partial charge in [-0.15, -0.1) is 0 Å². The van der Waals surface area contributed by atoms with Gasteiger partial charge in [0.2, 0.25) is 0 Å². The van der Waals surface area contributed by atoms with Crippen molar-refractivity contribution >= 4 is 23.4 Å². The Morgan fingerprint density at radius 3 is 2.14 bits per heavy atom. The maximum absolute atomic E-state index is 11.0. The highest BCUT2D eigenvalue weighted by atomic mass is 16.4. The van der Waals surface area contributed by atoms with Gasteiger partial charge in [-0.05, 0) is 55.7 Å². The number of carbonyl (C=O) groups is 1. The van der Waals surface area contributed by atoms with Crippen LogP contribution in [0.5, 0.6) is 0 Å². The number of hydrogen-bond acceptors (Lipinski definition) is 7. The van der Waals surface area contributed by atoms with Crippen molar-refractivity contribution in [3.05, 3.63) is 115 Å². The molecule has 9 nitrogen and oxygen atoms in total. The van der Waals surface area contributed by atoms with Gasteiger partial charge < -0.3 is 20.6 Å². The molecule has 0 radical (unpaired) electrons. The van der Waals surface area contributed by atoms with E-state index in [1.165, 1.54) is 0 Å². The van der Waals surface area contributed by atoms with Crippen LogP contribution in [-0.2, 0) is 6.42 Å². The summed E-state index contributed by atoms with van der Waals surface area (Å²) >= 11 is 0. The molecule has 0 saturated carbocycles. The molecule has 0 spiro atoms. The van der Waals surface area contributed by atoms with E-state index in [0.29, 0.717) is 11.6 Å². The molecule has 1 amide bonds. The van der Waals surface area contributed by atoms with Crippen molar-refractivity contribution in [3.63, 3.8) is 0 Å². The van der Waals surface area contributed by atoms with Gasteiger partial charge in [0.05, 0.1) is 6.04 Å². The molecular weight excluding hydrogens is 526 g/mol. The number of rotatable bonds is 10. The lowest BCUT2D eigenvalue weighted by atomic mass is 10.0. The number of hydrogen-bond donors (Lipinski definition) is 3. The summed E-state index contributed by atoms with van der Waals surface area (Å²) in [6.45, 7) is 3.96. The second kappa shape index (κ2) is 12.9. The number of benzene rings is 3. The van der Waals surface area contributed by atoms with E-state index in [4.69, 9.17) is 15.1 Å². The summed E-state index contributed by atoms with van der Waals surface area (Å²) in [7, 11) is 1.93. The summed E-state index contributed by atoms with van der Waals surface area (Å²) in [5, 5.41) is 15.1. The van der Waals surface area contributed by atoms with Crippen molar-refractivity contribution < 1.29 is 9.90 Å². The van der Waals surface area contributed by atoms with Crippen molar-refractivity contribution in [2.45, 2.75) is 32.4 Å². The summed E-state index contributed by atoms with van der Waals surface area (Å²) in [6.07, 6.45) is 3.25. The molecule has 3 N–H and O–H groups in total. The summed E-state index contributed by atoms with van der Waals surface area (Å²) in [5.41, 5.74) is 4.87. The Morgan fingerprint density at radius 1 is 0.810 bits per heavy atom. The average Bonchev–Trinajstić information content (AvgIpc) is 3.01. The fourth-order valence-corrected chi connectivity index (χ4v) is 4.75. The zero-order valence-corrected chi connectivity index (χ0v) is 23.8. The highest BCUT2D eigenvalue weighted by Gasteiger charge is 2.13. The Morgan fingerprint density at radius 2 is 1.45 bits per heavy atom. The van der Waals surface area contributed by atoms with Crippen molar-refractivity contribution in [1.29, 1.82) is 0 Å². The smallest absolute Gasteiger partial charge is 0.405 e. The third-order valence-corrected chi connectivity index (χ3v) is 6.87. The Kier molecular flexibility index (Phi) is 8.67. The van der Waals surface area contributed by atoms with Crippen LogP contribution in [0.3, 0.4) is 0 Å². The fourth-order valence-electron chi connectivity index (χ4n) is 4.75. The predicted octanol–water partition coefficient (Wildman–Crippen LogP) is 6.74. The van der Waals surface area contributed by atoms with Crippen molar-refractivity contribution in [1.82, 2.24) is 25.3 Å². The SMILES string of the molecule is CC(Cc1cccc(C(C)NC(=O)O)c1)Nc1cccc(-c2nccc(N(C)c3ccnc(-c4ccccc4)n3)n2)c1. The fraction of sp³-hybridized carbons (Fsp3) is 0.182. The number of anilines is 3. The molecule has 5 aromatic rings. The number of amides is 1. The van der Waals surface area contributed by atoms with Gasteiger partial charge in [-0.25, -0.2) is 24.7 Å². The van der Waals surface area contributed by atoms with Gasteiger partial charge in [-0.1, -0.05) is 66.7 Å². The van der Waals surface area contributed by atoms with Crippen molar-refractivity contribution in [2.24, 2.45) is 0 Å². The largest absolute Gasteiger partial charge is 0.465 e. The van der Waals surface area contributed by atoms with E-state index < -0.39 is 6.09 Å². The van der Waals surface area contributed by atoms with E-state index in [1.807, 2.05) is 104 Å². The maximum atomic E-state index is 11.0. The number of aromatic nitrogens is 4. The lowest BCUT2D eigenvalue weighted by molar-refractivity contribution is 0.191. The standard InChI is InChI=1S/C33H33N7O2/c1-22(19-24-9-7-12-26(20-24)23(2)37-33(41)42)36-28-14-8-13-27(21-28)32-35-18-16-30(39-32)40(3)29-15-17-34-31(38-29)25-10-5-4-6-11-25/h4-18,20-23,36-37H,19H2,1-3H3,(H,41,42). The molecular formula is C33H33N7O2. The minimum Gasteiger partial charge on any atom is -0.465 e. The molecule has 2 atom stereocenters. The molecule has 9 heteroatoms. The third-order valence-electron chi connectivity index (χ3n) is 6.87. The maximum Gasteiger partial charge on any atom is 0.405 e. The first-order valence-electron chi connectivity index (χ1n) is 13.8.